The number of alkyl halides is 3. The van der Waals surface area contributed by atoms with Gasteiger partial charge < -0.3 is 0 Å². The Kier molecular flexibility index (Phi) is 3.33. The lowest BCUT2D eigenvalue weighted by molar-refractivity contribution is -0.140. The van der Waals surface area contributed by atoms with Crippen LogP contribution in [-0.4, -0.2) is 5.78 Å². The van der Waals surface area contributed by atoms with Crippen LogP contribution >= 0.6 is 0 Å². The maximum absolute atomic E-state index is 12.8. The first kappa shape index (κ1) is 12.2. The summed E-state index contributed by atoms with van der Waals surface area (Å²) >= 11 is 0. The lowest BCUT2D eigenvalue weighted by Crippen LogP contribution is -2.10. The largest absolute Gasteiger partial charge is 0.419 e. The molecule has 1 rings (SSSR count). The second kappa shape index (κ2) is 4.35. The fraction of sp³-hybridized carbons (Fsp3) is 0.182. The summed E-state index contributed by atoms with van der Waals surface area (Å²) in [7, 11) is 0. The van der Waals surface area contributed by atoms with E-state index in [-0.39, 0.29) is 12.0 Å². The topological polar surface area (TPSA) is 17.1 Å². The predicted molar refractivity (Wildman–Crippen MR) is 49.2 cm³/mol. The first-order valence-corrected chi connectivity index (χ1v) is 4.19. The highest BCUT2D eigenvalue weighted by atomic mass is 19.4. The molecule has 5 heteroatoms. The second-order valence-electron chi connectivity index (χ2n) is 3.00. The minimum absolute atomic E-state index is 0.244. The van der Waals surface area contributed by atoms with Crippen LogP contribution in [0.1, 0.15) is 22.3 Å². The van der Waals surface area contributed by atoms with Gasteiger partial charge in [0.2, 0.25) is 0 Å². The zero-order valence-corrected chi connectivity index (χ0v) is 7.94. The molecule has 0 radical (unpaired) electrons. The van der Waals surface area contributed by atoms with Gasteiger partial charge in [-0.15, -0.1) is 6.42 Å². The van der Waals surface area contributed by atoms with Crippen molar-refractivity contribution in [3.63, 3.8) is 0 Å². The van der Waals surface area contributed by atoms with E-state index in [0.29, 0.717) is 12.1 Å². The molecule has 0 N–H and O–H groups in total. The highest BCUT2D eigenvalue weighted by molar-refractivity contribution is 5.97. The van der Waals surface area contributed by atoms with Gasteiger partial charge >= 0.3 is 6.18 Å². The van der Waals surface area contributed by atoms with Crippen molar-refractivity contribution >= 4 is 5.78 Å². The molecule has 0 aromatic heterocycles. The van der Waals surface area contributed by atoms with Crippen LogP contribution < -0.4 is 0 Å². The molecule has 1 aromatic carbocycles. The van der Waals surface area contributed by atoms with Crippen LogP contribution in [-0.2, 0) is 6.18 Å². The van der Waals surface area contributed by atoms with Crippen LogP contribution in [0.5, 0.6) is 0 Å². The number of rotatable bonds is 2. The van der Waals surface area contributed by atoms with Gasteiger partial charge in [0.05, 0.1) is 12.0 Å². The normalized spacial score (nSPS) is 10.9. The molecule has 0 spiro atoms. The van der Waals surface area contributed by atoms with Crippen molar-refractivity contribution in [1.29, 1.82) is 0 Å². The average molecular weight is 230 g/mol. The Bertz CT molecular complexity index is 454. The summed E-state index contributed by atoms with van der Waals surface area (Å²) in [5.41, 5.74) is -1.71. The summed E-state index contributed by atoms with van der Waals surface area (Å²) in [4.78, 5) is 11.2. The van der Waals surface area contributed by atoms with E-state index in [2.05, 4.69) is 0 Å². The van der Waals surface area contributed by atoms with Gasteiger partial charge in [-0.1, -0.05) is 5.92 Å². The zero-order valence-electron chi connectivity index (χ0n) is 7.94. The van der Waals surface area contributed by atoms with E-state index >= 15 is 0 Å². The fourth-order valence-corrected chi connectivity index (χ4v) is 1.11. The van der Waals surface area contributed by atoms with Gasteiger partial charge in [-0.25, -0.2) is 4.39 Å². The molecule has 0 saturated heterocycles. The minimum atomic E-state index is -4.82. The van der Waals surface area contributed by atoms with E-state index in [4.69, 9.17) is 6.42 Å². The molecule has 1 nitrogen and oxygen atoms in total. The summed E-state index contributed by atoms with van der Waals surface area (Å²) in [6.45, 7) is 0. The van der Waals surface area contributed by atoms with Crippen LogP contribution in [0.3, 0.4) is 0 Å². The van der Waals surface area contributed by atoms with Crippen LogP contribution in [0.25, 0.3) is 0 Å². The van der Waals surface area contributed by atoms with E-state index < -0.39 is 23.3 Å². The van der Waals surface area contributed by atoms with Crippen LogP contribution in [0.2, 0.25) is 0 Å². The van der Waals surface area contributed by atoms with Crippen molar-refractivity contribution in [3.8, 4) is 12.3 Å². The molecule has 16 heavy (non-hydrogen) atoms. The van der Waals surface area contributed by atoms with Crippen molar-refractivity contribution in [2.45, 2.75) is 12.6 Å². The lowest BCUT2D eigenvalue weighted by atomic mass is 10.0. The molecule has 0 fully saturated rings. The van der Waals surface area contributed by atoms with Gasteiger partial charge in [0, 0.05) is 5.56 Å². The Morgan fingerprint density at radius 2 is 2.00 bits per heavy atom. The number of carbonyl (C=O) groups is 1. The quantitative estimate of drug-likeness (QED) is 0.433. The summed E-state index contributed by atoms with van der Waals surface area (Å²) in [6.07, 6.45) is -0.286. The Hall–Kier alpha value is -1.83. The summed E-state index contributed by atoms with van der Waals surface area (Å²) in [5, 5.41) is 0. The predicted octanol–water partition coefficient (Wildman–Crippen LogP) is 3.05. The lowest BCUT2D eigenvalue weighted by Gasteiger charge is -2.08. The number of ketones is 1. The molecule has 0 aliphatic heterocycles. The SMILES string of the molecule is C#CCC(=O)c1ccc(F)c(C(F)(F)F)c1. The molecule has 1 aromatic rings. The van der Waals surface area contributed by atoms with E-state index in [1.807, 2.05) is 5.92 Å². The van der Waals surface area contributed by atoms with Gasteiger partial charge in [0.1, 0.15) is 5.82 Å². The highest BCUT2D eigenvalue weighted by Crippen LogP contribution is 2.32. The summed E-state index contributed by atoms with van der Waals surface area (Å²) < 4.78 is 49.7. The number of carbonyl (C=O) groups excluding carboxylic acids is 1. The fourth-order valence-electron chi connectivity index (χ4n) is 1.11. The Morgan fingerprint density at radius 3 is 2.50 bits per heavy atom. The molecule has 0 bridgehead atoms. The van der Waals surface area contributed by atoms with Gasteiger partial charge in [-0.05, 0) is 18.2 Å². The van der Waals surface area contributed by atoms with Crippen molar-refractivity contribution in [2.75, 3.05) is 0 Å². The third-order valence-electron chi connectivity index (χ3n) is 1.86. The Labute approximate surface area is 89.1 Å². The molecule has 0 aliphatic rings. The number of hydrogen-bond donors (Lipinski definition) is 0. The van der Waals surface area contributed by atoms with E-state index in [1.54, 1.807) is 0 Å². The monoisotopic (exact) mass is 230 g/mol. The first-order chi connectivity index (χ1) is 7.36. The van der Waals surface area contributed by atoms with Crippen molar-refractivity contribution < 1.29 is 22.4 Å². The highest BCUT2D eigenvalue weighted by Gasteiger charge is 2.34. The number of halogens is 4. The second-order valence-corrected chi connectivity index (χ2v) is 3.00. The molecule has 0 aliphatic carbocycles. The van der Waals surface area contributed by atoms with Crippen LogP contribution in [0, 0.1) is 18.2 Å². The Balaban J connectivity index is 3.19. The standard InChI is InChI=1S/C11H6F4O/c1-2-3-10(16)7-4-5-9(12)8(6-7)11(13,14)15/h1,4-6H,3H2. The number of benzene rings is 1. The summed E-state index contributed by atoms with van der Waals surface area (Å²) in [6, 6.07) is 2.05. The van der Waals surface area contributed by atoms with E-state index in [9.17, 15) is 22.4 Å². The number of hydrogen-bond acceptors (Lipinski definition) is 1. The minimum Gasteiger partial charge on any atom is -0.293 e. The van der Waals surface area contributed by atoms with Crippen LogP contribution in [0.15, 0.2) is 18.2 Å². The molecule has 0 heterocycles. The average Bonchev–Trinajstić information content (AvgIpc) is 2.16. The maximum atomic E-state index is 12.8. The zero-order chi connectivity index (χ0) is 12.3. The van der Waals surface area contributed by atoms with Gasteiger partial charge in [0.25, 0.3) is 0 Å². The molecular formula is C11H6F4O. The molecule has 0 saturated carbocycles. The first-order valence-electron chi connectivity index (χ1n) is 4.19. The molecule has 0 amide bonds. The molecule has 84 valence electrons. The maximum Gasteiger partial charge on any atom is 0.419 e. The molecule has 0 unspecified atom stereocenters. The van der Waals surface area contributed by atoms with Crippen LogP contribution in [0.4, 0.5) is 17.6 Å². The van der Waals surface area contributed by atoms with Crippen molar-refractivity contribution in [3.05, 3.63) is 35.1 Å². The number of terminal acetylenes is 1. The van der Waals surface area contributed by atoms with E-state index in [1.165, 1.54) is 0 Å². The van der Waals surface area contributed by atoms with Crippen molar-refractivity contribution in [2.24, 2.45) is 0 Å². The molecule has 0 atom stereocenters. The van der Waals surface area contributed by atoms with E-state index in [0.717, 1.165) is 6.07 Å². The van der Waals surface area contributed by atoms with Gasteiger partial charge in [0.15, 0.2) is 5.78 Å². The van der Waals surface area contributed by atoms with Gasteiger partial charge in [-0.2, -0.15) is 13.2 Å². The van der Waals surface area contributed by atoms with Crippen molar-refractivity contribution in [1.82, 2.24) is 0 Å². The van der Waals surface area contributed by atoms with Gasteiger partial charge in [-0.3, -0.25) is 4.79 Å². The third-order valence-corrected chi connectivity index (χ3v) is 1.86. The third kappa shape index (κ3) is 2.60. The Morgan fingerprint density at radius 1 is 1.38 bits per heavy atom. The smallest absolute Gasteiger partial charge is 0.293 e. The molecular weight excluding hydrogens is 224 g/mol. The number of Topliss-reactive ketones (excluding diaryl/α,β-unsaturated/α-hetero) is 1. The summed E-state index contributed by atoms with van der Waals surface area (Å²) in [5.74, 6) is -0.0434.